The Labute approximate surface area is 149 Å². The van der Waals surface area contributed by atoms with Crippen LogP contribution in [0.4, 0.5) is 0 Å². The number of imide groups is 1. The molecule has 132 valence electrons. The van der Waals surface area contributed by atoms with Gasteiger partial charge in [-0.25, -0.2) is 4.79 Å². The van der Waals surface area contributed by atoms with Crippen LogP contribution in [0.3, 0.4) is 0 Å². The highest BCUT2D eigenvalue weighted by molar-refractivity contribution is 6.21. The zero-order valence-electron chi connectivity index (χ0n) is 13.7. The third kappa shape index (κ3) is 2.77. The van der Waals surface area contributed by atoms with E-state index in [1.165, 1.54) is 0 Å². The highest BCUT2D eigenvalue weighted by atomic mass is 16.6. The SMILES string of the molecule is O=C(OCCN1C(=O)c2ccccc2C1=O)[C@H]1COc2ccccc2O1. The van der Waals surface area contributed by atoms with Gasteiger partial charge in [0.15, 0.2) is 11.5 Å². The Hall–Kier alpha value is -3.35. The summed E-state index contributed by atoms with van der Waals surface area (Å²) in [4.78, 5) is 37.7. The van der Waals surface area contributed by atoms with Gasteiger partial charge in [-0.3, -0.25) is 14.5 Å². The lowest BCUT2D eigenvalue weighted by molar-refractivity contribution is -0.154. The molecule has 0 bridgehead atoms. The van der Waals surface area contributed by atoms with E-state index >= 15 is 0 Å². The van der Waals surface area contributed by atoms with Gasteiger partial charge in [0.25, 0.3) is 11.8 Å². The van der Waals surface area contributed by atoms with Crippen molar-refractivity contribution in [2.75, 3.05) is 19.8 Å². The first kappa shape index (κ1) is 16.1. The van der Waals surface area contributed by atoms with E-state index in [-0.39, 0.29) is 31.6 Å². The van der Waals surface area contributed by atoms with Crippen molar-refractivity contribution in [3.05, 3.63) is 59.7 Å². The van der Waals surface area contributed by atoms with Crippen LogP contribution in [0.25, 0.3) is 0 Å². The number of nitrogens with zero attached hydrogens (tertiary/aromatic N) is 1. The molecule has 0 unspecified atom stereocenters. The van der Waals surface area contributed by atoms with Crippen LogP contribution >= 0.6 is 0 Å². The van der Waals surface area contributed by atoms with Crippen LogP contribution in [0.5, 0.6) is 11.5 Å². The monoisotopic (exact) mass is 353 g/mol. The maximum atomic E-state index is 12.2. The normalized spacial score (nSPS) is 17.8. The topological polar surface area (TPSA) is 82.1 Å². The highest BCUT2D eigenvalue weighted by Gasteiger charge is 2.35. The highest BCUT2D eigenvalue weighted by Crippen LogP contribution is 2.31. The van der Waals surface area contributed by atoms with Gasteiger partial charge in [-0.05, 0) is 24.3 Å². The average molecular weight is 353 g/mol. The van der Waals surface area contributed by atoms with Crippen molar-refractivity contribution in [2.45, 2.75) is 6.10 Å². The second-order valence-electron chi connectivity index (χ2n) is 5.84. The van der Waals surface area contributed by atoms with Crippen LogP contribution in [0.1, 0.15) is 20.7 Å². The van der Waals surface area contributed by atoms with E-state index < -0.39 is 12.1 Å². The first-order valence-electron chi connectivity index (χ1n) is 8.15. The van der Waals surface area contributed by atoms with E-state index in [2.05, 4.69) is 0 Å². The molecule has 2 amide bonds. The van der Waals surface area contributed by atoms with Crippen molar-refractivity contribution < 1.29 is 28.6 Å². The lowest BCUT2D eigenvalue weighted by Gasteiger charge is -2.25. The van der Waals surface area contributed by atoms with E-state index in [9.17, 15) is 14.4 Å². The zero-order valence-corrected chi connectivity index (χ0v) is 13.7. The molecular formula is C19H15NO6. The summed E-state index contributed by atoms with van der Waals surface area (Å²) in [7, 11) is 0. The van der Waals surface area contributed by atoms with Gasteiger partial charge in [-0.15, -0.1) is 0 Å². The molecule has 2 aliphatic rings. The van der Waals surface area contributed by atoms with Crippen molar-refractivity contribution in [2.24, 2.45) is 0 Å². The summed E-state index contributed by atoms with van der Waals surface area (Å²) >= 11 is 0. The number of amides is 2. The van der Waals surface area contributed by atoms with Crippen molar-refractivity contribution >= 4 is 17.8 Å². The van der Waals surface area contributed by atoms with Crippen molar-refractivity contribution in [1.82, 2.24) is 4.90 Å². The number of hydrogen-bond acceptors (Lipinski definition) is 6. The molecule has 0 N–H and O–H groups in total. The van der Waals surface area contributed by atoms with Crippen LogP contribution in [-0.2, 0) is 9.53 Å². The minimum absolute atomic E-state index is 0.0117. The average Bonchev–Trinajstić information content (AvgIpc) is 2.92. The molecule has 0 aromatic heterocycles. The molecule has 0 fully saturated rings. The third-order valence-corrected chi connectivity index (χ3v) is 4.21. The predicted molar refractivity (Wildman–Crippen MR) is 89.1 cm³/mol. The Morgan fingerprint density at radius 1 is 1.00 bits per heavy atom. The number of benzene rings is 2. The van der Waals surface area contributed by atoms with E-state index in [0.29, 0.717) is 22.6 Å². The van der Waals surface area contributed by atoms with Gasteiger partial charge in [0.1, 0.15) is 13.2 Å². The maximum Gasteiger partial charge on any atom is 0.351 e. The van der Waals surface area contributed by atoms with Crippen LogP contribution in [0.2, 0.25) is 0 Å². The number of para-hydroxylation sites is 2. The largest absolute Gasteiger partial charge is 0.485 e. The summed E-state index contributed by atoms with van der Waals surface area (Å²) < 4.78 is 16.2. The summed E-state index contributed by atoms with van der Waals surface area (Å²) in [6.45, 7) is -0.0725. The first-order valence-corrected chi connectivity index (χ1v) is 8.15. The fourth-order valence-corrected chi connectivity index (χ4v) is 2.91. The fraction of sp³-hybridized carbons (Fsp3) is 0.211. The van der Waals surface area contributed by atoms with E-state index in [1.807, 2.05) is 6.07 Å². The smallest absolute Gasteiger partial charge is 0.351 e. The molecule has 7 heteroatoms. The molecule has 26 heavy (non-hydrogen) atoms. The van der Waals surface area contributed by atoms with Gasteiger partial charge < -0.3 is 14.2 Å². The first-order chi connectivity index (χ1) is 12.6. The van der Waals surface area contributed by atoms with Crippen molar-refractivity contribution in [3.8, 4) is 11.5 Å². The van der Waals surface area contributed by atoms with Gasteiger partial charge in [0.2, 0.25) is 6.10 Å². The molecule has 0 spiro atoms. The van der Waals surface area contributed by atoms with Gasteiger partial charge in [-0.1, -0.05) is 24.3 Å². The molecular weight excluding hydrogens is 338 g/mol. The Kier molecular flexibility index (Phi) is 4.04. The molecule has 0 aliphatic carbocycles. The van der Waals surface area contributed by atoms with E-state index in [0.717, 1.165) is 4.90 Å². The number of fused-ring (bicyclic) bond motifs is 2. The predicted octanol–water partition coefficient (Wildman–Crippen LogP) is 1.67. The maximum absolute atomic E-state index is 12.2. The van der Waals surface area contributed by atoms with E-state index in [1.54, 1.807) is 42.5 Å². The summed E-state index contributed by atoms with van der Waals surface area (Å²) in [6, 6.07) is 13.6. The van der Waals surface area contributed by atoms with Gasteiger partial charge >= 0.3 is 5.97 Å². The van der Waals surface area contributed by atoms with E-state index in [4.69, 9.17) is 14.2 Å². The van der Waals surface area contributed by atoms with Crippen molar-refractivity contribution in [3.63, 3.8) is 0 Å². The van der Waals surface area contributed by atoms with Crippen LogP contribution in [0, 0.1) is 0 Å². The quantitative estimate of drug-likeness (QED) is 0.614. The second kappa shape index (κ2) is 6.51. The second-order valence-corrected chi connectivity index (χ2v) is 5.84. The van der Waals surface area contributed by atoms with Gasteiger partial charge in [0, 0.05) is 0 Å². The summed E-state index contributed by atoms with van der Waals surface area (Å²) in [6.07, 6.45) is -0.882. The van der Waals surface area contributed by atoms with Crippen LogP contribution in [-0.4, -0.2) is 48.5 Å². The lowest BCUT2D eigenvalue weighted by atomic mass is 10.1. The van der Waals surface area contributed by atoms with Crippen LogP contribution in [0.15, 0.2) is 48.5 Å². The number of ether oxygens (including phenoxy) is 3. The molecule has 1 atom stereocenters. The van der Waals surface area contributed by atoms with Gasteiger partial charge in [-0.2, -0.15) is 0 Å². The van der Waals surface area contributed by atoms with Crippen molar-refractivity contribution in [1.29, 1.82) is 0 Å². The Morgan fingerprint density at radius 3 is 2.31 bits per heavy atom. The number of rotatable bonds is 4. The lowest BCUT2D eigenvalue weighted by Crippen LogP contribution is -2.39. The molecule has 0 saturated heterocycles. The standard InChI is InChI=1S/C19H15NO6/c21-17-12-5-1-2-6-13(12)18(22)20(17)9-10-24-19(23)16-11-25-14-7-3-4-8-15(14)26-16/h1-8,16H,9-11H2/t16-/m1/s1. The molecule has 0 saturated carbocycles. The molecule has 4 rings (SSSR count). The minimum Gasteiger partial charge on any atom is -0.485 e. The zero-order chi connectivity index (χ0) is 18.1. The molecule has 7 nitrogen and oxygen atoms in total. The summed E-state index contributed by atoms with van der Waals surface area (Å²) in [5.41, 5.74) is 0.730. The Morgan fingerprint density at radius 2 is 1.62 bits per heavy atom. The number of carbonyl (C=O) groups is 3. The number of hydrogen-bond donors (Lipinski definition) is 0. The molecule has 2 aromatic rings. The summed E-state index contributed by atoms with van der Waals surface area (Å²) in [5, 5.41) is 0. The van der Waals surface area contributed by atoms with Crippen LogP contribution < -0.4 is 9.47 Å². The molecule has 2 heterocycles. The Bertz CT molecular complexity index is 858. The summed E-state index contributed by atoms with van der Waals surface area (Å²) in [5.74, 6) is -0.319. The fourth-order valence-electron chi connectivity index (χ4n) is 2.91. The third-order valence-electron chi connectivity index (χ3n) is 4.21. The number of esters is 1. The molecule has 0 radical (unpaired) electrons. The molecule has 2 aromatic carbocycles. The molecule has 2 aliphatic heterocycles. The Balaban J connectivity index is 1.33. The number of carbonyl (C=O) groups excluding carboxylic acids is 3. The minimum atomic E-state index is -0.882. The van der Waals surface area contributed by atoms with Gasteiger partial charge in [0.05, 0.1) is 17.7 Å².